The van der Waals surface area contributed by atoms with E-state index in [0.29, 0.717) is 30.1 Å². The SMILES string of the molecule is CC(Oc1ccc(-c2ccccc2)cc1)C(=O)Nc1cccc(C(=O)N2CCN(C)CC2)c1. The van der Waals surface area contributed by atoms with Crippen LogP contribution in [0.2, 0.25) is 0 Å². The van der Waals surface area contributed by atoms with Gasteiger partial charge in [-0.1, -0.05) is 48.5 Å². The normalized spacial score (nSPS) is 15.0. The molecule has 0 saturated carbocycles. The molecule has 1 heterocycles. The maximum atomic E-state index is 12.8. The van der Waals surface area contributed by atoms with E-state index in [9.17, 15) is 9.59 Å². The second-order valence-electron chi connectivity index (χ2n) is 8.32. The first kappa shape index (κ1) is 22.6. The first-order valence-corrected chi connectivity index (χ1v) is 11.2. The van der Waals surface area contributed by atoms with Gasteiger partial charge in [0.25, 0.3) is 11.8 Å². The van der Waals surface area contributed by atoms with Gasteiger partial charge in [0.05, 0.1) is 0 Å². The van der Waals surface area contributed by atoms with Crippen LogP contribution in [0.1, 0.15) is 17.3 Å². The minimum atomic E-state index is -0.690. The first-order chi connectivity index (χ1) is 16.0. The van der Waals surface area contributed by atoms with Gasteiger partial charge in [-0.25, -0.2) is 0 Å². The smallest absolute Gasteiger partial charge is 0.265 e. The first-order valence-electron chi connectivity index (χ1n) is 11.2. The van der Waals surface area contributed by atoms with Crippen molar-refractivity contribution in [3.8, 4) is 16.9 Å². The number of nitrogens with one attached hydrogen (secondary N) is 1. The molecule has 0 spiro atoms. The Bertz CT molecular complexity index is 1090. The lowest BCUT2D eigenvalue weighted by Crippen LogP contribution is -2.47. The number of rotatable bonds is 6. The number of piperazine rings is 1. The summed E-state index contributed by atoms with van der Waals surface area (Å²) in [6.07, 6.45) is -0.690. The second-order valence-corrected chi connectivity index (χ2v) is 8.32. The molecule has 1 aliphatic heterocycles. The average molecular weight is 444 g/mol. The van der Waals surface area contributed by atoms with Crippen LogP contribution in [0.15, 0.2) is 78.9 Å². The number of carbonyl (C=O) groups is 2. The van der Waals surface area contributed by atoms with Gasteiger partial charge in [0, 0.05) is 37.4 Å². The molecular weight excluding hydrogens is 414 g/mol. The summed E-state index contributed by atoms with van der Waals surface area (Å²) in [5.74, 6) is 0.338. The summed E-state index contributed by atoms with van der Waals surface area (Å²) in [4.78, 5) is 29.6. The van der Waals surface area contributed by atoms with E-state index in [1.807, 2.05) is 47.4 Å². The van der Waals surface area contributed by atoms with Crippen LogP contribution in [0.25, 0.3) is 11.1 Å². The van der Waals surface area contributed by atoms with Gasteiger partial charge < -0.3 is 19.9 Å². The third-order valence-corrected chi connectivity index (χ3v) is 5.81. The molecule has 6 nitrogen and oxygen atoms in total. The van der Waals surface area contributed by atoms with E-state index in [1.165, 1.54) is 0 Å². The number of benzene rings is 3. The van der Waals surface area contributed by atoms with Crippen molar-refractivity contribution in [1.82, 2.24) is 9.80 Å². The molecule has 4 rings (SSSR count). The summed E-state index contributed by atoms with van der Waals surface area (Å²) in [6, 6.07) is 24.8. The van der Waals surface area contributed by atoms with Crippen molar-refractivity contribution in [1.29, 1.82) is 0 Å². The Kier molecular flexibility index (Phi) is 7.05. The van der Waals surface area contributed by atoms with Gasteiger partial charge in [-0.05, 0) is 55.4 Å². The van der Waals surface area contributed by atoms with Crippen LogP contribution < -0.4 is 10.1 Å². The molecule has 3 aromatic rings. The number of hydrogen-bond donors (Lipinski definition) is 1. The Morgan fingerprint density at radius 3 is 2.21 bits per heavy atom. The lowest BCUT2D eigenvalue weighted by Gasteiger charge is -2.32. The number of amides is 2. The molecule has 0 radical (unpaired) electrons. The van der Waals surface area contributed by atoms with Crippen LogP contribution in [0.3, 0.4) is 0 Å². The molecular formula is C27H29N3O3. The van der Waals surface area contributed by atoms with Crippen molar-refractivity contribution >= 4 is 17.5 Å². The van der Waals surface area contributed by atoms with Gasteiger partial charge in [0.1, 0.15) is 5.75 Å². The minimum Gasteiger partial charge on any atom is -0.481 e. The zero-order valence-electron chi connectivity index (χ0n) is 19.0. The van der Waals surface area contributed by atoms with E-state index in [1.54, 1.807) is 31.2 Å². The fourth-order valence-electron chi connectivity index (χ4n) is 3.78. The number of likely N-dealkylation sites (N-methyl/N-ethyl adjacent to an activating group) is 1. The maximum Gasteiger partial charge on any atom is 0.265 e. The van der Waals surface area contributed by atoms with Gasteiger partial charge in [-0.2, -0.15) is 0 Å². The predicted molar refractivity (Wildman–Crippen MR) is 130 cm³/mol. The summed E-state index contributed by atoms with van der Waals surface area (Å²) in [5, 5.41) is 2.86. The highest BCUT2D eigenvalue weighted by Gasteiger charge is 2.21. The summed E-state index contributed by atoms with van der Waals surface area (Å²) < 4.78 is 5.83. The predicted octanol–water partition coefficient (Wildman–Crippen LogP) is 4.15. The highest BCUT2D eigenvalue weighted by molar-refractivity contribution is 5.98. The molecule has 0 aromatic heterocycles. The van der Waals surface area contributed by atoms with Crippen LogP contribution in [0.5, 0.6) is 5.75 Å². The van der Waals surface area contributed by atoms with E-state index in [-0.39, 0.29) is 11.8 Å². The van der Waals surface area contributed by atoms with Gasteiger partial charge in [0.15, 0.2) is 6.10 Å². The number of anilines is 1. The zero-order chi connectivity index (χ0) is 23.2. The largest absolute Gasteiger partial charge is 0.481 e. The fraction of sp³-hybridized carbons (Fsp3) is 0.259. The highest BCUT2D eigenvalue weighted by Crippen LogP contribution is 2.23. The lowest BCUT2D eigenvalue weighted by molar-refractivity contribution is -0.122. The van der Waals surface area contributed by atoms with E-state index in [0.717, 1.165) is 24.2 Å². The van der Waals surface area contributed by atoms with E-state index in [2.05, 4.69) is 29.4 Å². The summed E-state index contributed by atoms with van der Waals surface area (Å²) in [5.41, 5.74) is 3.36. The lowest BCUT2D eigenvalue weighted by atomic mass is 10.1. The maximum absolute atomic E-state index is 12.8. The van der Waals surface area contributed by atoms with Crippen molar-refractivity contribution in [2.45, 2.75) is 13.0 Å². The Labute approximate surface area is 194 Å². The molecule has 3 aromatic carbocycles. The van der Waals surface area contributed by atoms with Crippen molar-refractivity contribution in [2.24, 2.45) is 0 Å². The van der Waals surface area contributed by atoms with Crippen LogP contribution in [-0.2, 0) is 4.79 Å². The molecule has 1 aliphatic rings. The molecule has 6 heteroatoms. The molecule has 170 valence electrons. The topological polar surface area (TPSA) is 61.9 Å². The number of ether oxygens (including phenoxy) is 1. The Hall–Kier alpha value is -3.64. The summed E-state index contributed by atoms with van der Waals surface area (Å²) in [6.45, 7) is 4.85. The van der Waals surface area contributed by atoms with Crippen molar-refractivity contribution in [3.63, 3.8) is 0 Å². The molecule has 1 atom stereocenters. The zero-order valence-corrected chi connectivity index (χ0v) is 19.0. The molecule has 2 amide bonds. The fourth-order valence-corrected chi connectivity index (χ4v) is 3.78. The van der Waals surface area contributed by atoms with Crippen LogP contribution >= 0.6 is 0 Å². The number of carbonyl (C=O) groups excluding carboxylic acids is 2. The molecule has 1 saturated heterocycles. The van der Waals surface area contributed by atoms with Crippen molar-refractivity contribution < 1.29 is 14.3 Å². The molecule has 0 bridgehead atoms. The second kappa shape index (κ2) is 10.3. The van der Waals surface area contributed by atoms with Gasteiger partial charge in [0.2, 0.25) is 0 Å². The third-order valence-electron chi connectivity index (χ3n) is 5.81. The third kappa shape index (κ3) is 5.79. The summed E-state index contributed by atoms with van der Waals surface area (Å²) in [7, 11) is 2.05. The molecule has 1 N–H and O–H groups in total. The Morgan fingerprint density at radius 1 is 0.848 bits per heavy atom. The molecule has 1 fully saturated rings. The molecule has 0 aliphatic carbocycles. The van der Waals surface area contributed by atoms with Crippen molar-refractivity contribution in [2.75, 3.05) is 38.5 Å². The van der Waals surface area contributed by atoms with Gasteiger partial charge >= 0.3 is 0 Å². The van der Waals surface area contributed by atoms with Crippen LogP contribution in [0.4, 0.5) is 5.69 Å². The van der Waals surface area contributed by atoms with Crippen LogP contribution in [-0.4, -0.2) is 60.9 Å². The molecule has 33 heavy (non-hydrogen) atoms. The Balaban J connectivity index is 1.35. The highest BCUT2D eigenvalue weighted by atomic mass is 16.5. The van der Waals surface area contributed by atoms with Gasteiger partial charge in [-0.3, -0.25) is 9.59 Å². The van der Waals surface area contributed by atoms with Crippen molar-refractivity contribution in [3.05, 3.63) is 84.4 Å². The molecule has 1 unspecified atom stereocenters. The number of hydrogen-bond acceptors (Lipinski definition) is 4. The van der Waals surface area contributed by atoms with E-state index >= 15 is 0 Å². The van der Waals surface area contributed by atoms with E-state index < -0.39 is 6.10 Å². The average Bonchev–Trinajstić information content (AvgIpc) is 2.85. The number of nitrogens with zero attached hydrogens (tertiary/aromatic N) is 2. The standard InChI is InChI=1S/C27H29N3O3/c1-20(33-25-13-11-22(12-14-25)21-7-4-3-5-8-21)26(31)28-24-10-6-9-23(19-24)27(32)30-17-15-29(2)16-18-30/h3-14,19-20H,15-18H2,1-2H3,(H,28,31). The van der Waals surface area contributed by atoms with Gasteiger partial charge in [-0.15, -0.1) is 0 Å². The summed E-state index contributed by atoms with van der Waals surface area (Å²) >= 11 is 0. The monoisotopic (exact) mass is 443 g/mol. The quantitative estimate of drug-likeness (QED) is 0.622. The van der Waals surface area contributed by atoms with Crippen LogP contribution in [0, 0.1) is 0 Å². The van der Waals surface area contributed by atoms with E-state index in [4.69, 9.17) is 4.74 Å². The minimum absolute atomic E-state index is 0.0120. The Morgan fingerprint density at radius 2 is 1.52 bits per heavy atom.